The Morgan fingerprint density at radius 2 is 1.97 bits per heavy atom. The molecule has 0 saturated heterocycles. The number of aliphatic hydroxyl groups excluding tert-OH is 1. The van der Waals surface area contributed by atoms with Gasteiger partial charge in [-0.05, 0) is 31.2 Å². The summed E-state index contributed by atoms with van der Waals surface area (Å²) >= 11 is 5.96. The number of nitrogens with zero attached hydrogens (tertiary/aromatic N) is 3. The van der Waals surface area contributed by atoms with Crippen LogP contribution in [0.15, 0.2) is 48.5 Å². The summed E-state index contributed by atoms with van der Waals surface area (Å²) in [4.78, 5) is 19.3. The van der Waals surface area contributed by atoms with Crippen molar-refractivity contribution in [2.75, 3.05) is 17.2 Å². The highest BCUT2D eigenvalue weighted by Gasteiger charge is 2.31. The minimum atomic E-state index is -4.87. The number of hydrogen-bond acceptors (Lipinski definition) is 8. The standard InChI is InChI=1S/C20H17ClF3N5O4/c1-11(10-30)25-19-27-15(12-3-2-4-14(7-12)33-20(22,23)24)9-18(28-19)26-16-8-13(21)5-6-17(16)29(31)32/h2-9,11,30H,10H2,1H3,(H2,25,26,27,28)/t11-/m1/s1. The molecule has 0 aliphatic rings. The molecule has 0 aliphatic carbocycles. The molecular weight excluding hydrogens is 467 g/mol. The van der Waals surface area contributed by atoms with E-state index in [4.69, 9.17) is 11.6 Å². The van der Waals surface area contributed by atoms with Gasteiger partial charge in [-0.15, -0.1) is 13.2 Å². The first-order valence-corrected chi connectivity index (χ1v) is 9.75. The first-order chi connectivity index (χ1) is 15.5. The van der Waals surface area contributed by atoms with Gasteiger partial charge in [0.1, 0.15) is 17.3 Å². The van der Waals surface area contributed by atoms with Crippen molar-refractivity contribution in [2.24, 2.45) is 0 Å². The molecule has 174 valence electrons. The van der Waals surface area contributed by atoms with Crippen LogP contribution >= 0.6 is 11.6 Å². The molecule has 0 bridgehead atoms. The number of benzene rings is 2. The Labute approximate surface area is 190 Å². The van der Waals surface area contributed by atoms with E-state index in [-0.39, 0.29) is 46.0 Å². The van der Waals surface area contributed by atoms with Crippen LogP contribution in [-0.4, -0.2) is 39.0 Å². The average Bonchev–Trinajstić information content (AvgIpc) is 2.72. The van der Waals surface area contributed by atoms with Crippen molar-refractivity contribution in [3.8, 4) is 17.0 Å². The van der Waals surface area contributed by atoms with E-state index in [9.17, 15) is 28.4 Å². The third-order valence-electron chi connectivity index (χ3n) is 4.16. The summed E-state index contributed by atoms with van der Waals surface area (Å²) in [6, 6.07) is 10.0. The maximum Gasteiger partial charge on any atom is 0.573 e. The second kappa shape index (κ2) is 9.88. The Kier molecular flexibility index (Phi) is 7.19. The Hall–Kier alpha value is -3.64. The van der Waals surface area contributed by atoms with Gasteiger partial charge in [0.25, 0.3) is 5.69 Å². The van der Waals surface area contributed by atoms with Gasteiger partial charge in [-0.3, -0.25) is 10.1 Å². The minimum Gasteiger partial charge on any atom is -0.406 e. The molecule has 0 saturated carbocycles. The molecule has 3 N–H and O–H groups in total. The number of ether oxygens (including phenoxy) is 1. The van der Waals surface area contributed by atoms with Gasteiger partial charge in [-0.2, -0.15) is 4.98 Å². The molecule has 1 atom stereocenters. The molecule has 0 spiro atoms. The van der Waals surface area contributed by atoms with Crippen LogP contribution in [0.1, 0.15) is 6.92 Å². The van der Waals surface area contributed by atoms with Crippen LogP contribution in [0.4, 0.5) is 36.3 Å². The summed E-state index contributed by atoms with van der Waals surface area (Å²) in [6.45, 7) is 1.41. The molecule has 0 fully saturated rings. The van der Waals surface area contributed by atoms with Crippen molar-refractivity contribution in [1.29, 1.82) is 0 Å². The summed E-state index contributed by atoms with van der Waals surface area (Å²) in [5.41, 5.74) is 0.241. The van der Waals surface area contributed by atoms with Gasteiger partial charge in [0.2, 0.25) is 5.95 Å². The number of rotatable bonds is 8. The number of aliphatic hydroxyl groups is 1. The van der Waals surface area contributed by atoms with E-state index in [1.54, 1.807) is 6.92 Å². The molecule has 0 amide bonds. The molecule has 3 rings (SSSR count). The van der Waals surface area contributed by atoms with E-state index in [1.807, 2.05) is 0 Å². The average molecular weight is 484 g/mol. The lowest BCUT2D eigenvalue weighted by Gasteiger charge is -2.15. The van der Waals surface area contributed by atoms with Gasteiger partial charge in [-0.1, -0.05) is 23.7 Å². The predicted octanol–water partition coefficient (Wildman–Crippen LogP) is 5.14. The van der Waals surface area contributed by atoms with Gasteiger partial charge in [0, 0.05) is 28.8 Å². The molecule has 0 aliphatic heterocycles. The summed E-state index contributed by atoms with van der Waals surface area (Å²) in [7, 11) is 0. The van der Waals surface area contributed by atoms with Crippen molar-refractivity contribution < 1.29 is 27.9 Å². The van der Waals surface area contributed by atoms with Crippen LogP contribution in [0.3, 0.4) is 0 Å². The topological polar surface area (TPSA) is 122 Å². The lowest BCUT2D eigenvalue weighted by molar-refractivity contribution is -0.383. The monoisotopic (exact) mass is 483 g/mol. The maximum atomic E-state index is 12.6. The molecule has 1 heterocycles. The molecule has 2 aromatic carbocycles. The smallest absolute Gasteiger partial charge is 0.406 e. The van der Waals surface area contributed by atoms with Crippen molar-refractivity contribution in [1.82, 2.24) is 9.97 Å². The number of nitro benzene ring substituents is 1. The molecule has 0 unspecified atom stereocenters. The van der Waals surface area contributed by atoms with Gasteiger partial charge in [0.05, 0.1) is 17.2 Å². The number of halogens is 4. The van der Waals surface area contributed by atoms with E-state index in [0.29, 0.717) is 0 Å². The number of aromatic nitrogens is 2. The highest BCUT2D eigenvalue weighted by Crippen LogP contribution is 2.32. The first-order valence-electron chi connectivity index (χ1n) is 9.37. The summed E-state index contributed by atoms with van der Waals surface area (Å²) in [5.74, 6) is -0.319. The molecular formula is C20H17ClF3N5O4. The normalized spacial score (nSPS) is 12.2. The van der Waals surface area contributed by atoms with Gasteiger partial charge < -0.3 is 20.5 Å². The van der Waals surface area contributed by atoms with Crippen molar-refractivity contribution in [3.05, 3.63) is 63.7 Å². The SMILES string of the molecule is C[C@H](CO)Nc1nc(Nc2cc(Cl)ccc2[N+](=O)[O-])cc(-c2cccc(OC(F)(F)F)c2)n1. The quantitative estimate of drug-likeness (QED) is 0.297. The van der Waals surface area contributed by atoms with Gasteiger partial charge in [-0.25, -0.2) is 4.98 Å². The number of hydrogen-bond donors (Lipinski definition) is 3. The third-order valence-corrected chi connectivity index (χ3v) is 4.39. The largest absolute Gasteiger partial charge is 0.573 e. The number of alkyl halides is 3. The van der Waals surface area contributed by atoms with Crippen LogP contribution in [0, 0.1) is 10.1 Å². The minimum absolute atomic E-state index is 0.0309. The van der Waals surface area contributed by atoms with Crippen LogP contribution < -0.4 is 15.4 Å². The van der Waals surface area contributed by atoms with E-state index in [0.717, 1.165) is 12.1 Å². The highest BCUT2D eigenvalue weighted by molar-refractivity contribution is 6.31. The van der Waals surface area contributed by atoms with Gasteiger partial charge >= 0.3 is 6.36 Å². The molecule has 9 nitrogen and oxygen atoms in total. The number of nitro groups is 1. The van der Waals surface area contributed by atoms with Crippen LogP contribution in [0.2, 0.25) is 5.02 Å². The number of nitrogens with one attached hydrogen (secondary N) is 2. The Balaban J connectivity index is 2.05. The van der Waals surface area contributed by atoms with Crippen LogP contribution in [0.25, 0.3) is 11.3 Å². The van der Waals surface area contributed by atoms with Crippen LogP contribution in [0.5, 0.6) is 5.75 Å². The van der Waals surface area contributed by atoms with E-state index in [2.05, 4.69) is 25.3 Å². The van der Waals surface area contributed by atoms with Crippen molar-refractivity contribution in [3.63, 3.8) is 0 Å². The van der Waals surface area contributed by atoms with Crippen molar-refractivity contribution >= 4 is 34.7 Å². The fourth-order valence-corrected chi connectivity index (χ4v) is 2.92. The second-order valence-electron chi connectivity index (χ2n) is 6.81. The van der Waals surface area contributed by atoms with E-state index >= 15 is 0 Å². The molecule has 0 radical (unpaired) electrons. The fraction of sp³-hybridized carbons (Fsp3) is 0.200. The summed E-state index contributed by atoms with van der Waals surface area (Å²) in [6.07, 6.45) is -4.87. The lowest BCUT2D eigenvalue weighted by atomic mass is 10.1. The zero-order valence-corrected chi connectivity index (χ0v) is 17.7. The maximum absolute atomic E-state index is 12.6. The Morgan fingerprint density at radius 1 is 1.21 bits per heavy atom. The number of anilines is 3. The van der Waals surface area contributed by atoms with Crippen molar-refractivity contribution in [2.45, 2.75) is 19.3 Å². The lowest BCUT2D eigenvalue weighted by Crippen LogP contribution is -2.21. The summed E-state index contributed by atoms with van der Waals surface area (Å²) < 4.78 is 41.8. The first kappa shape index (κ1) is 24.0. The zero-order chi connectivity index (χ0) is 24.2. The van der Waals surface area contributed by atoms with Gasteiger partial charge in [0.15, 0.2) is 0 Å². The zero-order valence-electron chi connectivity index (χ0n) is 16.9. The molecule has 3 aromatic rings. The van der Waals surface area contributed by atoms with E-state index < -0.39 is 23.1 Å². The predicted molar refractivity (Wildman–Crippen MR) is 116 cm³/mol. The molecule has 1 aromatic heterocycles. The second-order valence-corrected chi connectivity index (χ2v) is 7.25. The van der Waals surface area contributed by atoms with E-state index in [1.165, 1.54) is 36.4 Å². The molecule has 33 heavy (non-hydrogen) atoms. The van der Waals surface area contributed by atoms with Crippen LogP contribution in [-0.2, 0) is 0 Å². The third kappa shape index (κ3) is 6.67. The summed E-state index contributed by atoms with van der Waals surface area (Å²) in [5, 5.41) is 26.6. The fourth-order valence-electron chi connectivity index (χ4n) is 2.75. The Bertz CT molecular complexity index is 1160. The highest BCUT2D eigenvalue weighted by atomic mass is 35.5. The molecule has 13 heteroatoms. The Morgan fingerprint density at radius 3 is 2.64 bits per heavy atom.